The summed E-state index contributed by atoms with van der Waals surface area (Å²) in [5.41, 5.74) is 3.22. The smallest absolute Gasteiger partial charge is 0.0101 e. The van der Waals surface area contributed by atoms with Crippen molar-refractivity contribution < 1.29 is 0 Å². The highest BCUT2D eigenvalue weighted by atomic mass is 14.9. The lowest BCUT2D eigenvalue weighted by Gasteiger charge is -2.39. The second-order valence-electron chi connectivity index (χ2n) is 7.43. The van der Waals surface area contributed by atoms with Gasteiger partial charge in [0.05, 0.1) is 0 Å². The molecule has 0 spiro atoms. The van der Waals surface area contributed by atoms with Gasteiger partial charge >= 0.3 is 0 Å². The van der Waals surface area contributed by atoms with Gasteiger partial charge in [-0.1, -0.05) is 51.0 Å². The molecule has 1 aromatic rings. The molecule has 0 aromatic heterocycles. The lowest BCUT2D eigenvalue weighted by atomic mass is 9.70. The van der Waals surface area contributed by atoms with Gasteiger partial charge in [0, 0.05) is 6.04 Å². The van der Waals surface area contributed by atoms with Crippen molar-refractivity contribution in [2.24, 2.45) is 11.8 Å². The van der Waals surface area contributed by atoms with Crippen molar-refractivity contribution in [3.8, 4) is 0 Å². The van der Waals surface area contributed by atoms with Gasteiger partial charge in [0.1, 0.15) is 0 Å². The topological polar surface area (TPSA) is 12.0 Å². The first-order valence-electron chi connectivity index (χ1n) is 9.09. The first-order valence-corrected chi connectivity index (χ1v) is 9.09. The van der Waals surface area contributed by atoms with Gasteiger partial charge in [-0.2, -0.15) is 0 Å². The molecule has 1 N–H and O–H groups in total. The minimum absolute atomic E-state index is 0.742. The van der Waals surface area contributed by atoms with Gasteiger partial charge in [-0.25, -0.2) is 0 Å². The van der Waals surface area contributed by atoms with Crippen molar-refractivity contribution >= 4 is 0 Å². The molecule has 1 heteroatoms. The minimum atomic E-state index is 0.742. The lowest BCUT2D eigenvalue weighted by molar-refractivity contribution is 0.205. The fraction of sp³-hybridized carbons (Fsp3) is 0.700. The summed E-state index contributed by atoms with van der Waals surface area (Å²) in [6, 6.07) is 9.80. The fourth-order valence-electron chi connectivity index (χ4n) is 4.50. The molecule has 4 atom stereocenters. The third-order valence-corrected chi connectivity index (χ3v) is 5.70. The summed E-state index contributed by atoms with van der Waals surface area (Å²) in [5.74, 6) is 2.66. The molecule has 4 unspecified atom stereocenters. The summed E-state index contributed by atoms with van der Waals surface area (Å²) in [4.78, 5) is 0. The average Bonchev–Trinajstić information content (AvgIpc) is 2.48. The van der Waals surface area contributed by atoms with E-state index in [0.29, 0.717) is 0 Å². The highest BCUT2D eigenvalue weighted by Crippen LogP contribution is 2.41. The summed E-state index contributed by atoms with van der Waals surface area (Å²) in [7, 11) is 0. The number of nitrogens with one attached hydrogen (secondary N) is 1. The van der Waals surface area contributed by atoms with Crippen LogP contribution in [-0.2, 0) is 6.42 Å². The van der Waals surface area contributed by atoms with Crippen LogP contribution < -0.4 is 5.32 Å². The molecule has 0 heterocycles. The Morgan fingerprint density at radius 1 is 1.24 bits per heavy atom. The Balaban J connectivity index is 1.63. The quantitative estimate of drug-likeness (QED) is 0.783. The number of hydrogen-bond donors (Lipinski definition) is 1. The standard InChI is InChI=1S/C20H31N/c1-3-11-21-20(17-9-6-7-15(2)12-17)14-18-13-16-8-4-5-10-19(16)18/h4-5,8,10,15,17-18,20-21H,3,6-7,9,11-14H2,1-2H3. The van der Waals surface area contributed by atoms with Crippen molar-refractivity contribution in [3.63, 3.8) is 0 Å². The molecule has 1 aromatic carbocycles. The molecule has 1 nitrogen and oxygen atoms in total. The second kappa shape index (κ2) is 6.96. The number of hydrogen-bond acceptors (Lipinski definition) is 1. The van der Waals surface area contributed by atoms with E-state index < -0.39 is 0 Å². The highest BCUT2D eigenvalue weighted by molar-refractivity contribution is 5.39. The van der Waals surface area contributed by atoms with Crippen LogP contribution in [0.3, 0.4) is 0 Å². The van der Waals surface area contributed by atoms with E-state index in [2.05, 4.69) is 43.4 Å². The van der Waals surface area contributed by atoms with Gasteiger partial charge < -0.3 is 5.32 Å². The Bertz CT molecular complexity index is 453. The Morgan fingerprint density at radius 3 is 2.86 bits per heavy atom. The Labute approximate surface area is 130 Å². The van der Waals surface area contributed by atoms with E-state index in [4.69, 9.17) is 0 Å². The summed E-state index contributed by atoms with van der Waals surface area (Å²) in [5, 5.41) is 3.89. The molecule has 0 saturated heterocycles. The van der Waals surface area contributed by atoms with Crippen LogP contribution in [-0.4, -0.2) is 12.6 Å². The van der Waals surface area contributed by atoms with Crippen molar-refractivity contribution in [1.29, 1.82) is 0 Å². The van der Waals surface area contributed by atoms with Gasteiger partial charge in [0.25, 0.3) is 0 Å². The van der Waals surface area contributed by atoms with Crippen molar-refractivity contribution in [3.05, 3.63) is 35.4 Å². The first-order chi connectivity index (χ1) is 10.3. The van der Waals surface area contributed by atoms with Crippen LogP contribution in [0, 0.1) is 11.8 Å². The first kappa shape index (κ1) is 15.1. The van der Waals surface area contributed by atoms with Crippen LogP contribution in [0.25, 0.3) is 0 Å². The molecule has 1 fully saturated rings. The van der Waals surface area contributed by atoms with Crippen LogP contribution >= 0.6 is 0 Å². The molecular formula is C20H31N. The molecule has 0 bridgehead atoms. The largest absolute Gasteiger partial charge is 0.314 e. The monoisotopic (exact) mass is 285 g/mol. The third-order valence-electron chi connectivity index (χ3n) is 5.70. The Hall–Kier alpha value is -0.820. The summed E-state index contributed by atoms with van der Waals surface area (Å²) in [6.45, 7) is 5.91. The second-order valence-corrected chi connectivity index (χ2v) is 7.43. The van der Waals surface area contributed by atoms with Crippen molar-refractivity contribution in [1.82, 2.24) is 5.32 Å². The molecule has 1 saturated carbocycles. The van der Waals surface area contributed by atoms with E-state index in [1.165, 1.54) is 51.5 Å². The SMILES string of the molecule is CCCNC(CC1Cc2ccccc21)C1CCCC(C)C1. The average molecular weight is 285 g/mol. The molecule has 0 radical (unpaired) electrons. The van der Waals surface area contributed by atoms with Gasteiger partial charge in [-0.15, -0.1) is 0 Å². The molecule has 116 valence electrons. The predicted octanol–water partition coefficient (Wildman–Crippen LogP) is 4.91. The molecule has 2 aliphatic carbocycles. The zero-order chi connectivity index (χ0) is 14.7. The highest BCUT2D eigenvalue weighted by Gasteiger charge is 2.32. The van der Waals surface area contributed by atoms with Crippen LogP contribution in [0.2, 0.25) is 0 Å². The number of fused-ring (bicyclic) bond motifs is 1. The third kappa shape index (κ3) is 3.51. The molecule has 0 amide bonds. The summed E-state index contributed by atoms with van der Waals surface area (Å²) in [6.07, 6.45) is 9.69. The van der Waals surface area contributed by atoms with Gasteiger partial charge in [-0.05, 0) is 67.5 Å². The normalized spacial score (nSPS) is 29.5. The van der Waals surface area contributed by atoms with E-state index in [1.54, 1.807) is 11.1 Å². The molecule has 3 rings (SSSR count). The fourth-order valence-corrected chi connectivity index (χ4v) is 4.50. The van der Waals surface area contributed by atoms with Crippen LogP contribution in [0.4, 0.5) is 0 Å². The zero-order valence-corrected chi connectivity index (χ0v) is 13.8. The molecule has 2 aliphatic rings. The van der Waals surface area contributed by atoms with E-state index in [-0.39, 0.29) is 0 Å². The van der Waals surface area contributed by atoms with E-state index in [0.717, 1.165) is 23.8 Å². The number of rotatable bonds is 6. The summed E-state index contributed by atoms with van der Waals surface area (Å²) < 4.78 is 0. The zero-order valence-electron chi connectivity index (χ0n) is 13.8. The maximum Gasteiger partial charge on any atom is 0.0101 e. The number of benzene rings is 1. The van der Waals surface area contributed by atoms with Crippen LogP contribution in [0.15, 0.2) is 24.3 Å². The molecular weight excluding hydrogens is 254 g/mol. The summed E-state index contributed by atoms with van der Waals surface area (Å²) >= 11 is 0. The van der Waals surface area contributed by atoms with Gasteiger partial charge in [-0.3, -0.25) is 0 Å². The maximum absolute atomic E-state index is 3.89. The minimum Gasteiger partial charge on any atom is -0.314 e. The predicted molar refractivity (Wildman–Crippen MR) is 90.7 cm³/mol. The van der Waals surface area contributed by atoms with Gasteiger partial charge in [0.15, 0.2) is 0 Å². The van der Waals surface area contributed by atoms with Crippen LogP contribution in [0.5, 0.6) is 0 Å². The van der Waals surface area contributed by atoms with E-state index in [1.807, 2.05) is 0 Å². The molecule has 0 aliphatic heterocycles. The van der Waals surface area contributed by atoms with E-state index >= 15 is 0 Å². The lowest BCUT2D eigenvalue weighted by Crippen LogP contribution is -2.41. The Morgan fingerprint density at radius 2 is 2.10 bits per heavy atom. The van der Waals surface area contributed by atoms with E-state index in [9.17, 15) is 0 Å². The molecule has 21 heavy (non-hydrogen) atoms. The van der Waals surface area contributed by atoms with Crippen molar-refractivity contribution in [2.45, 2.75) is 70.8 Å². The van der Waals surface area contributed by atoms with Crippen molar-refractivity contribution in [2.75, 3.05) is 6.54 Å². The maximum atomic E-state index is 3.89. The van der Waals surface area contributed by atoms with Gasteiger partial charge in [0.2, 0.25) is 0 Å². The Kier molecular flexibility index (Phi) is 5.00. The van der Waals surface area contributed by atoms with Crippen LogP contribution in [0.1, 0.15) is 69.4 Å².